The first-order valence-corrected chi connectivity index (χ1v) is 7.95. The van der Waals surface area contributed by atoms with E-state index < -0.39 is 0 Å². The molecule has 0 spiro atoms. The molecule has 1 unspecified atom stereocenters. The molecule has 0 radical (unpaired) electrons. The normalized spacial score (nSPS) is 13.1. The third-order valence-electron chi connectivity index (χ3n) is 3.44. The second-order valence-corrected chi connectivity index (χ2v) is 5.59. The number of nitrogens with two attached hydrogens (primary N) is 1. The van der Waals surface area contributed by atoms with Crippen LogP contribution in [0.5, 0.6) is 0 Å². The Kier molecular flexibility index (Phi) is 5.28. The van der Waals surface area contributed by atoms with Gasteiger partial charge in [-0.05, 0) is 36.5 Å². The smallest absolute Gasteiger partial charge is 0.268 e. The molecular formula is C14H22N4OS. The summed E-state index contributed by atoms with van der Waals surface area (Å²) >= 11 is 1.63. The molecule has 2 rings (SSSR count). The van der Waals surface area contributed by atoms with Crippen LogP contribution in [0.3, 0.4) is 0 Å². The van der Waals surface area contributed by atoms with Gasteiger partial charge in [-0.2, -0.15) is 4.98 Å². The Morgan fingerprint density at radius 2 is 2.10 bits per heavy atom. The van der Waals surface area contributed by atoms with Crippen molar-refractivity contribution in [3.8, 4) is 10.8 Å². The van der Waals surface area contributed by atoms with E-state index in [0.29, 0.717) is 11.7 Å². The number of nitrogens with zero attached hydrogens (tertiary/aromatic N) is 3. The highest BCUT2D eigenvalue weighted by molar-refractivity contribution is 7.13. The molecule has 6 heteroatoms. The number of thiophene rings is 1. The van der Waals surface area contributed by atoms with Gasteiger partial charge >= 0.3 is 0 Å². The second kappa shape index (κ2) is 6.97. The summed E-state index contributed by atoms with van der Waals surface area (Å²) in [5.41, 5.74) is 7.40. The van der Waals surface area contributed by atoms with Gasteiger partial charge in [0.15, 0.2) is 5.82 Å². The van der Waals surface area contributed by atoms with Crippen molar-refractivity contribution < 1.29 is 4.52 Å². The predicted molar refractivity (Wildman–Crippen MR) is 81.7 cm³/mol. The van der Waals surface area contributed by atoms with E-state index in [1.54, 1.807) is 11.3 Å². The van der Waals surface area contributed by atoms with Gasteiger partial charge in [0.2, 0.25) is 0 Å². The van der Waals surface area contributed by atoms with E-state index in [4.69, 9.17) is 10.3 Å². The van der Waals surface area contributed by atoms with Crippen LogP contribution in [0.15, 0.2) is 16.0 Å². The van der Waals surface area contributed by atoms with Crippen LogP contribution in [-0.4, -0.2) is 34.7 Å². The van der Waals surface area contributed by atoms with E-state index in [-0.39, 0.29) is 6.04 Å². The van der Waals surface area contributed by atoms with Gasteiger partial charge in [0, 0.05) is 6.54 Å². The average molecular weight is 294 g/mol. The minimum absolute atomic E-state index is 0.211. The van der Waals surface area contributed by atoms with Gasteiger partial charge in [-0.1, -0.05) is 25.9 Å². The van der Waals surface area contributed by atoms with Gasteiger partial charge in [-0.15, -0.1) is 11.3 Å². The number of hydrogen-bond acceptors (Lipinski definition) is 6. The second-order valence-electron chi connectivity index (χ2n) is 4.68. The Balaban J connectivity index is 2.12. The molecule has 0 amide bonds. The highest BCUT2D eigenvalue weighted by atomic mass is 32.1. The van der Waals surface area contributed by atoms with Crippen LogP contribution in [0.1, 0.15) is 38.2 Å². The highest BCUT2D eigenvalue weighted by Crippen LogP contribution is 2.29. The molecule has 2 aromatic heterocycles. The molecule has 110 valence electrons. The Morgan fingerprint density at radius 1 is 1.35 bits per heavy atom. The lowest BCUT2D eigenvalue weighted by Gasteiger charge is -2.20. The van der Waals surface area contributed by atoms with Crippen LogP contribution in [0.4, 0.5) is 0 Å². The summed E-state index contributed by atoms with van der Waals surface area (Å²) in [6, 6.07) is 1.89. The molecule has 0 saturated carbocycles. The first kappa shape index (κ1) is 15.2. The van der Waals surface area contributed by atoms with Gasteiger partial charge in [0.1, 0.15) is 0 Å². The topological polar surface area (TPSA) is 68.2 Å². The van der Waals surface area contributed by atoms with Crippen molar-refractivity contribution in [2.24, 2.45) is 5.73 Å². The quantitative estimate of drug-likeness (QED) is 0.850. The van der Waals surface area contributed by atoms with E-state index in [0.717, 1.165) is 30.9 Å². The molecule has 5 nitrogen and oxygen atoms in total. The third-order valence-corrected chi connectivity index (χ3v) is 4.39. The van der Waals surface area contributed by atoms with Crippen molar-refractivity contribution in [3.05, 3.63) is 22.8 Å². The molecule has 1 atom stereocenters. The lowest BCUT2D eigenvalue weighted by Crippen LogP contribution is -2.32. The molecule has 0 aliphatic heterocycles. The molecule has 2 aromatic rings. The summed E-state index contributed by atoms with van der Waals surface area (Å²) in [5.74, 6) is 1.17. The van der Waals surface area contributed by atoms with E-state index in [9.17, 15) is 0 Å². The van der Waals surface area contributed by atoms with E-state index >= 15 is 0 Å². The van der Waals surface area contributed by atoms with Gasteiger partial charge in [-0.3, -0.25) is 0 Å². The van der Waals surface area contributed by atoms with Gasteiger partial charge in [0.25, 0.3) is 5.89 Å². The van der Waals surface area contributed by atoms with E-state index in [1.807, 2.05) is 5.38 Å². The molecule has 0 saturated heterocycles. The van der Waals surface area contributed by atoms with Crippen molar-refractivity contribution in [2.75, 3.05) is 19.6 Å². The van der Waals surface area contributed by atoms with Crippen LogP contribution < -0.4 is 5.73 Å². The predicted octanol–water partition coefficient (Wildman–Crippen LogP) is 2.70. The molecule has 0 fully saturated rings. The van der Waals surface area contributed by atoms with Crippen LogP contribution >= 0.6 is 11.3 Å². The zero-order chi connectivity index (χ0) is 14.5. The minimum atomic E-state index is -0.211. The number of hydrogen-bond donors (Lipinski definition) is 1. The van der Waals surface area contributed by atoms with Crippen LogP contribution in [-0.2, 0) is 6.42 Å². The summed E-state index contributed by atoms with van der Waals surface area (Å²) in [5, 5.41) is 6.09. The molecular weight excluding hydrogens is 272 g/mol. The number of likely N-dealkylation sites (N-methyl/N-ethyl adjacent to an activating group) is 1. The highest BCUT2D eigenvalue weighted by Gasteiger charge is 2.19. The van der Waals surface area contributed by atoms with E-state index in [2.05, 4.69) is 41.9 Å². The molecule has 20 heavy (non-hydrogen) atoms. The third kappa shape index (κ3) is 3.26. The Hall–Kier alpha value is -1.24. The summed E-state index contributed by atoms with van der Waals surface area (Å²) < 4.78 is 5.37. The van der Waals surface area contributed by atoms with Crippen molar-refractivity contribution in [2.45, 2.75) is 33.2 Å². The van der Waals surface area contributed by atoms with Crippen molar-refractivity contribution in [1.82, 2.24) is 15.0 Å². The van der Waals surface area contributed by atoms with E-state index in [1.165, 1.54) is 5.56 Å². The number of aryl methyl sites for hydroxylation is 1. The lowest BCUT2D eigenvalue weighted by molar-refractivity contribution is 0.278. The van der Waals surface area contributed by atoms with Crippen LogP contribution in [0, 0.1) is 0 Å². The van der Waals surface area contributed by atoms with Crippen molar-refractivity contribution >= 4 is 11.3 Å². The SMILES string of the molecule is CCc1ccsc1-c1nc(C(N)CN(CC)CC)no1. The summed E-state index contributed by atoms with van der Waals surface area (Å²) in [7, 11) is 0. The van der Waals surface area contributed by atoms with Crippen molar-refractivity contribution in [1.29, 1.82) is 0 Å². The maximum absolute atomic E-state index is 6.16. The molecule has 0 aliphatic carbocycles. The minimum Gasteiger partial charge on any atom is -0.333 e. The van der Waals surface area contributed by atoms with Crippen LogP contribution in [0.2, 0.25) is 0 Å². The molecule has 0 aliphatic rings. The Bertz CT molecular complexity index is 533. The number of rotatable bonds is 7. The summed E-state index contributed by atoms with van der Waals surface area (Å²) in [6.45, 7) is 9.06. The fraction of sp³-hybridized carbons (Fsp3) is 0.571. The fourth-order valence-corrected chi connectivity index (χ4v) is 3.04. The van der Waals surface area contributed by atoms with Gasteiger partial charge in [0.05, 0.1) is 10.9 Å². The largest absolute Gasteiger partial charge is 0.333 e. The maximum Gasteiger partial charge on any atom is 0.268 e. The average Bonchev–Trinajstić information content (AvgIpc) is 3.11. The fourth-order valence-electron chi connectivity index (χ4n) is 2.12. The Morgan fingerprint density at radius 3 is 2.75 bits per heavy atom. The molecule has 2 heterocycles. The molecule has 2 N–H and O–H groups in total. The number of aromatic nitrogens is 2. The van der Waals surface area contributed by atoms with Gasteiger partial charge in [-0.25, -0.2) is 0 Å². The zero-order valence-corrected chi connectivity index (χ0v) is 13.1. The van der Waals surface area contributed by atoms with Crippen LogP contribution in [0.25, 0.3) is 10.8 Å². The first-order chi connectivity index (χ1) is 9.69. The monoisotopic (exact) mass is 294 g/mol. The first-order valence-electron chi connectivity index (χ1n) is 7.07. The summed E-state index contributed by atoms with van der Waals surface area (Å²) in [4.78, 5) is 7.77. The van der Waals surface area contributed by atoms with Crippen molar-refractivity contribution in [3.63, 3.8) is 0 Å². The molecule has 0 bridgehead atoms. The molecule has 0 aromatic carbocycles. The van der Waals surface area contributed by atoms with Gasteiger partial charge < -0.3 is 15.2 Å². The lowest BCUT2D eigenvalue weighted by atomic mass is 10.2. The maximum atomic E-state index is 6.16. The summed E-state index contributed by atoms with van der Waals surface area (Å²) in [6.07, 6.45) is 0.960. The Labute approximate surface area is 123 Å². The zero-order valence-electron chi connectivity index (χ0n) is 12.3. The standard InChI is InChI=1S/C14H22N4OS/c1-4-10-7-8-20-12(10)14-16-13(17-19-14)11(15)9-18(5-2)6-3/h7-8,11H,4-6,9,15H2,1-3H3.